The number of nitrogens with zero attached hydrogens (tertiary/aromatic N) is 1. The molecule has 0 bridgehead atoms. The third-order valence-corrected chi connectivity index (χ3v) is 3.51. The summed E-state index contributed by atoms with van der Waals surface area (Å²) in [7, 11) is 1.53. The zero-order valence-electron chi connectivity index (χ0n) is 12.6. The van der Waals surface area contributed by atoms with Crippen LogP contribution in [-0.2, 0) is 4.79 Å². The number of ether oxygens (including phenoxy) is 3. The van der Waals surface area contributed by atoms with Crippen LogP contribution >= 0.6 is 0 Å². The van der Waals surface area contributed by atoms with Gasteiger partial charge in [-0.25, -0.2) is 4.39 Å². The van der Waals surface area contributed by atoms with Crippen molar-refractivity contribution in [3.8, 4) is 17.2 Å². The first-order valence-electron chi connectivity index (χ1n) is 7.17. The number of fused-ring (bicyclic) bond motifs is 1. The predicted molar refractivity (Wildman–Crippen MR) is 82.7 cm³/mol. The van der Waals surface area contributed by atoms with Gasteiger partial charge in [-0.15, -0.1) is 0 Å². The van der Waals surface area contributed by atoms with E-state index in [1.54, 1.807) is 18.2 Å². The van der Waals surface area contributed by atoms with Crippen LogP contribution in [0.2, 0.25) is 0 Å². The molecule has 3 rings (SSSR count). The van der Waals surface area contributed by atoms with Crippen LogP contribution in [0.5, 0.6) is 17.2 Å². The second-order valence-corrected chi connectivity index (χ2v) is 4.95. The highest BCUT2D eigenvalue weighted by molar-refractivity contribution is 5.96. The Labute approximate surface area is 133 Å². The molecule has 120 valence electrons. The minimum Gasteiger partial charge on any atom is -0.493 e. The minimum atomic E-state index is -0.419. The molecule has 1 aliphatic rings. The van der Waals surface area contributed by atoms with Crippen LogP contribution in [0.3, 0.4) is 0 Å². The van der Waals surface area contributed by atoms with E-state index >= 15 is 0 Å². The maximum atomic E-state index is 13.4. The summed E-state index contributed by atoms with van der Waals surface area (Å²) in [6, 6.07) is 11.2. The summed E-state index contributed by atoms with van der Waals surface area (Å²) >= 11 is 0. The highest BCUT2D eigenvalue weighted by Gasteiger charge is 2.24. The molecule has 6 heteroatoms. The third-order valence-electron chi connectivity index (χ3n) is 3.51. The van der Waals surface area contributed by atoms with Gasteiger partial charge in [0.1, 0.15) is 18.2 Å². The van der Waals surface area contributed by atoms with E-state index in [-0.39, 0.29) is 12.5 Å². The Hall–Kier alpha value is -2.76. The summed E-state index contributed by atoms with van der Waals surface area (Å²) in [6.07, 6.45) is 0. The number of hydrogen-bond donors (Lipinski definition) is 0. The van der Waals surface area contributed by atoms with Gasteiger partial charge in [0, 0.05) is 6.07 Å². The van der Waals surface area contributed by atoms with Gasteiger partial charge in [0.25, 0.3) is 5.91 Å². The zero-order valence-corrected chi connectivity index (χ0v) is 12.6. The summed E-state index contributed by atoms with van der Waals surface area (Å²) in [4.78, 5) is 13.9. The van der Waals surface area contributed by atoms with Gasteiger partial charge in [0.05, 0.1) is 19.3 Å². The number of halogens is 1. The monoisotopic (exact) mass is 317 g/mol. The van der Waals surface area contributed by atoms with Crippen molar-refractivity contribution in [1.29, 1.82) is 0 Å². The molecule has 0 radical (unpaired) electrons. The van der Waals surface area contributed by atoms with Crippen molar-refractivity contribution < 1.29 is 23.4 Å². The predicted octanol–water partition coefficient (Wildman–Crippen LogP) is 2.64. The van der Waals surface area contributed by atoms with Crippen LogP contribution in [-0.4, -0.2) is 32.8 Å². The molecule has 23 heavy (non-hydrogen) atoms. The third kappa shape index (κ3) is 3.21. The van der Waals surface area contributed by atoms with Gasteiger partial charge in [-0.3, -0.25) is 4.79 Å². The number of hydrogen-bond acceptors (Lipinski definition) is 4. The summed E-state index contributed by atoms with van der Waals surface area (Å²) in [5.41, 5.74) is 0.421. The summed E-state index contributed by atoms with van der Waals surface area (Å²) in [5.74, 6) is 0.830. The fourth-order valence-electron chi connectivity index (χ4n) is 2.41. The SMILES string of the molecule is COc1ccccc1OCC(=O)N1CCOc2ccc(F)cc21. The van der Waals surface area contributed by atoms with Crippen molar-refractivity contribution in [3.05, 3.63) is 48.3 Å². The van der Waals surface area contributed by atoms with E-state index in [0.29, 0.717) is 36.1 Å². The van der Waals surface area contributed by atoms with Gasteiger partial charge >= 0.3 is 0 Å². The Morgan fingerprint density at radius 1 is 1.26 bits per heavy atom. The normalized spacial score (nSPS) is 13.0. The van der Waals surface area contributed by atoms with E-state index in [0.717, 1.165) is 0 Å². The maximum Gasteiger partial charge on any atom is 0.265 e. The highest BCUT2D eigenvalue weighted by Crippen LogP contribution is 2.32. The van der Waals surface area contributed by atoms with Gasteiger partial charge in [-0.1, -0.05) is 12.1 Å². The number of methoxy groups -OCH3 is 1. The second kappa shape index (κ2) is 6.56. The lowest BCUT2D eigenvalue weighted by atomic mass is 10.2. The average Bonchev–Trinajstić information content (AvgIpc) is 2.59. The Morgan fingerprint density at radius 3 is 2.83 bits per heavy atom. The van der Waals surface area contributed by atoms with Gasteiger partial charge in [-0.05, 0) is 24.3 Å². The molecule has 1 aliphatic heterocycles. The number of carbonyl (C=O) groups excluding carboxylic acids is 1. The van der Waals surface area contributed by atoms with E-state index in [9.17, 15) is 9.18 Å². The molecular weight excluding hydrogens is 301 g/mol. The van der Waals surface area contributed by atoms with Crippen molar-refractivity contribution in [2.75, 3.05) is 31.8 Å². The molecule has 0 aliphatic carbocycles. The van der Waals surface area contributed by atoms with Crippen molar-refractivity contribution >= 4 is 11.6 Å². The summed E-state index contributed by atoms with van der Waals surface area (Å²) in [6.45, 7) is 0.542. The molecule has 0 saturated heterocycles. The van der Waals surface area contributed by atoms with E-state index in [1.807, 2.05) is 6.07 Å². The second-order valence-electron chi connectivity index (χ2n) is 4.95. The van der Waals surface area contributed by atoms with Crippen LogP contribution in [0, 0.1) is 5.82 Å². The lowest BCUT2D eigenvalue weighted by molar-refractivity contribution is -0.120. The molecule has 0 fully saturated rings. The minimum absolute atomic E-state index is 0.170. The van der Waals surface area contributed by atoms with Gasteiger partial charge in [0.15, 0.2) is 18.1 Å². The van der Waals surface area contributed by atoms with Gasteiger partial charge in [-0.2, -0.15) is 0 Å². The van der Waals surface area contributed by atoms with E-state index in [4.69, 9.17) is 14.2 Å². The quantitative estimate of drug-likeness (QED) is 0.870. The van der Waals surface area contributed by atoms with Crippen LogP contribution in [0.4, 0.5) is 10.1 Å². The Balaban J connectivity index is 1.74. The highest BCUT2D eigenvalue weighted by atomic mass is 19.1. The largest absolute Gasteiger partial charge is 0.493 e. The lowest BCUT2D eigenvalue weighted by Gasteiger charge is -2.29. The Kier molecular flexibility index (Phi) is 4.32. The fraction of sp³-hybridized carbons (Fsp3) is 0.235. The number of anilines is 1. The lowest BCUT2D eigenvalue weighted by Crippen LogP contribution is -2.40. The van der Waals surface area contributed by atoms with Gasteiger partial charge in [0.2, 0.25) is 0 Å². The maximum absolute atomic E-state index is 13.4. The first-order chi connectivity index (χ1) is 11.2. The molecule has 0 N–H and O–H groups in total. The van der Waals surface area contributed by atoms with E-state index in [2.05, 4.69) is 0 Å². The zero-order chi connectivity index (χ0) is 16.2. The van der Waals surface area contributed by atoms with Crippen molar-refractivity contribution in [2.45, 2.75) is 0 Å². The number of benzene rings is 2. The topological polar surface area (TPSA) is 48.0 Å². The molecule has 5 nitrogen and oxygen atoms in total. The van der Waals surface area contributed by atoms with Crippen LogP contribution < -0.4 is 19.1 Å². The molecule has 0 spiro atoms. The van der Waals surface area contributed by atoms with Crippen molar-refractivity contribution in [1.82, 2.24) is 0 Å². The smallest absolute Gasteiger partial charge is 0.265 e. The number of rotatable bonds is 4. The first-order valence-corrected chi connectivity index (χ1v) is 7.17. The van der Waals surface area contributed by atoms with Gasteiger partial charge < -0.3 is 19.1 Å². The molecule has 0 unspecified atom stereocenters. The first kappa shape index (κ1) is 15.1. The Morgan fingerprint density at radius 2 is 2.04 bits per heavy atom. The summed E-state index contributed by atoms with van der Waals surface area (Å²) < 4.78 is 29.6. The molecule has 1 amide bonds. The van der Waals surface area contributed by atoms with Crippen LogP contribution in [0.1, 0.15) is 0 Å². The summed E-state index contributed by atoms with van der Waals surface area (Å²) in [5, 5.41) is 0. The molecule has 0 aromatic heterocycles. The fourth-order valence-corrected chi connectivity index (χ4v) is 2.41. The van der Waals surface area contributed by atoms with Crippen molar-refractivity contribution in [3.63, 3.8) is 0 Å². The average molecular weight is 317 g/mol. The van der Waals surface area contributed by atoms with E-state index < -0.39 is 5.82 Å². The molecule has 2 aromatic carbocycles. The number of carbonyl (C=O) groups is 1. The molecule has 0 atom stereocenters. The van der Waals surface area contributed by atoms with Crippen LogP contribution in [0.15, 0.2) is 42.5 Å². The molecule has 2 aromatic rings. The molecule has 1 heterocycles. The molecule has 0 saturated carbocycles. The van der Waals surface area contributed by atoms with Crippen molar-refractivity contribution in [2.24, 2.45) is 0 Å². The number of amides is 1. The number of para-hydroxylation sites is 2. The van der Waals surface area contributed by atoms with Crippen LogP contribution in [0.25, 0.3) is 0 Å². The Bertz CT molecular complexity index is 719. The van der Waals surface area contributed by atoms with E-state index in [1.165, 1.54) is 30.2 Å². The standard InChI is InChI=1S/C17H16FNO4/c1-21-15-4-2-3-5-16(15)23-11-17(20)19-8-9-22-14-7-6-12(18)10-13(14)19/h2-7,10H,8-9,11H2,1H3. The molecular formula is C17H16FNO4.